The van der Waals surface area contributed by atoms with E-state index in [1.54, 1.807) is 24.3 Å². The van der Waals surface area contributed by atoms with Crippen molar-refractivity contribution in [1.29, 1.82) is 0 Å². The Labute approximate surface area is 219 Å². The number of anilines is 1. The quantitative estimate of drug-likeness (QED) is 0.185. The molecule has 188 valence electrons. The number of nitrogens with zero attached hydrogens (tertiary/aromatic N) is 2. The van der Waals surface area contributed by atoms with Gasteiger partial charge in [0.05, 0.1) is 28.4 Å². The molecule has 0 bridgehead atoms. The SMILES string of the molecule is CCOc1ccc2nc(N3C(=O)C(=O)/C(=C(\O)c4ccccc4)C3c3ccc(C(C)(C)C)cc3)sc2c1. The highest BCUT2D eigenvalue weighted by Gasteiger charge is 2.48. The van der Waals surface area contributed by atoms with Crippen molar-refractivity contribution in [2.45, 2.75) is 39.2 Å². The minimum Gasteiger partial charge on any atom is -0.507 e. The predicted molar refractivity (Wildman–Crippen MR) is 147 cm³/mol. The van der Waals surface area contributed by atoms with E-state index in [-0.39, 0.29) is 16.7 Å². The van der Waals surface area contributed by atoms with Crippen molar-refractivity contribution >= 4 is 44.1 Å². The number of carbonyl (C=O) groups is 2. The Morgan fingerprint density at radius 2 is 1.73 bits per heavy atom. The summed E-state index contributed by atoms with van der Waals surface area (Å²) in [4.78, 5) is 33.0. The molecule has 1 saturated heterocycles. The Hall–Kier alpha value is -3.97. The zero-order valence-electron chi connectivity index (χ0n) is 21.2. The number of carbonyl (C=O) groups excluding carboxylic acids is 2. The average Bonchev–Trinajstić information content (AvgIpc) is 3.41. The van der Waals surface area contributed by atoms with Crippen molar-refractivity contribution in [3.05, 3.63) is 95.1 Å². The van der Waals surface area contributed by atoms with E-state index in [0.29, 0.717) is 28.6 Å². The monoisotopic (exact) mass is 512 g/mol. The summed E-state index contributed by atoms with van der Waals surface area (Å²) < 4.78 is 6.46. The van der Waals surface area contributed by atoms with Gasteiger partial charge in [0.15, 0.2) is 5.13 Å². The molecule has 2 heterocycles. The second-order valence-corrected chi connectivity index (χ2v) is 11.0. The second kappa shape index (κ2) is 9.48. The van der Waals surface area contributed by atoms with Gasteiger partial charge < -0.3 is 9.84 Å². The van der Waals surface area contributed by atoms with Gasteiger partial charge in [-0.3, -0.25) is 14.5 Å². The van der Waals surface area contributed by atoms with Crippen LogP contribution in [0.1, 0.15) is 50.4 Å². The van der Waals surface area contributed by atoms with Crippen molar-refractivity contribution in [2.24, 2.45) is 0 Å². The Balaban J connectivity index is 1.69. The van der Waals surface area contributed by atoms with E-state index in [9.17, 15) is 14.7 Å². The summed E-state index contributed by atoms with van der Waals surface area (Å²) in [5.74, 6) is -0.941. The van der Waals surface area contributed by atoms with Gasteiger partial charge >= 0.3 is 5.91 Å². The van der Waals surface area contributed by atoms with Gasteiger partial charge in [0.1, 0.15) is 11.5 Å². The molecule has 0 spiro atoms. The van der Waals surface area contributed by atoms with Crippen LogP contribution in [-0.2, 0) is 15.0 Å². The Kier molecular flexibility index (Phi) is 6.33. The largest absolute Gasteiger partial charge is 0.507 e. The smallest absolute Gasteiger partial charge is 0.301 e. The number of hydrogen-bond donors (Lipinski definition) is 1. The highest BCUT2D eigenvalue weighted by molar-refractivity contribution is 7.22. The minimum atomic E-state index is -0.818. The third-order valence-corrected chi connectivity index (χ3v) is 7.47. The molecule has 7 heteroatoms. The summed E-state index contributed by atoms with van der Waals surface area (Å²) >= 11 is 1.31. The van der Waals surface area contributed by atoms with Crippen LogP contribution in [-0.4, -0.2) is 28.4 Å². The molecule has 1 amide bonds. The molecule has 5 rings (SSSR count). The molecular weight excluding hydrogens is 484 g/mol. The lowest BCUT2D eigenvalue weighted by Gasteiger charge is -2.24. The summed E-state index contributed by atoms with van der Waals surface area (Å²) in [6.45, 7) is 8.83. The van der Waals surface area contributed by atoms with Gasteiger partial charge in [-0.05, 0) is 41.7 Å². The fourth-order valence-electron chi connectivity index (χ4n) is 4.51. The van der Waals surface area contributed by atoms with Crippen LogP contribution < -0.4 is 9.64 Å². The van der Waals surface area contributed by atoms with Crippen LogP contribution in [0.15, 0.2) is 78.4 Å². The molecule has 1 unspecified atom stereocenters. The number of amides is 1. The normalized spacial score (nSPS) is 17.5. The highest BCUT2D eigenvalue weighted by Crippen LogP contribution is 2.45. The molecule has 1 aliphatic heterocycles. The molecule has 4 aromatic rings. The maximum Gasteiger partial charge on any atom is 0.301 e. The summed E-state index contributed by atoms with van der Waals surface area (Å²) in [7, 11) is 0. The molecule has 37 heavy (non-hydrogen) atoms. The van der Waals surface area contributed by atoms with Crippen molar-refractivity contribution in [3.8, 4) is 5.75 Å². The first-order valence-electron chi connectivity index (χ1n) is 12.2. The molecule has 1 fully saturated rings. The Bertz CT molecular complexity index is 1510. The average molecular weight is 513 g/mol. The topological polar surface area (TPSA) is 79.7 Å². The summed E-state index contributed by atoms with van der Waals surface area (Å²) in [6, 6.07) is 21.4. The van der Waals surface area contributed by atoms with Gasteiger partial charge in [-0.25, -0.2) is 4.98 Å². The lowest BCUT2D eigenvalue weighted by Crippen LogP contribution is -2.29. The van der Waals surface area contributed by atoms with Gasteiger partial charge in [-0.15, -0.1) is 0 Å². The Morgan fingerprint density at radius 1 is 1.03 bits per heavy atom. The first-order valence-corrected chi connectivity index (χ1v) is 13.0. The molecule has 6 nitrogen and oxygen atoms in total. The standard InChI is InChI=1S/C30H28N2O4S/c1-5-36-21-15-16-22-23(17-21)37-29(31-22)32-25(18-11-13-20(14-12-18)30(2,3)4)24(27(34)28(32)35)26(33)19-9-7-6-8-10-19/h6-17,25,33H,5H2,1-4H3/b26-24-. The number of Topliss-reactive ketones (excluding diaryl/α,β-unsaturated/α-hetero) is 1. The van der Waals surface area contributed by atoms with Crippen molar-refractivity contribution in [1.82, 2.24) is 4.98 Å². The number of fused-ring (bicyclic) bond motifs is 1. The van der Waals surface area contributed by atoms with Crippen LogP contribution in [0.4, 0.5) is 5.13 Å². The maximum atomic E-state index is 13.5. The van der Waals surface area contributed by atoms with E-state index in [1.807, 2.05) is 55.5 Å². The molecular formula is C30H28N2O4S. The zero-order chi connectivity index (χ0) is 26.3. The van der Waals surface area contributed by atoms with E-state index in [4.69, 9.17) is 9.72 Å². The number of aliphatic hydroxyl groups is 1. The van der Waals surface area contributed by atoms with Gasteiger partial charge in [0.25, 0.3) is 5.78 Å². The van der Waals surface area contributed by atoms with Crippen LogP contribution in [0.25, 0.3) is 16.0 Å². The lowest BCUT2D eigenvalue weighted by atomic mass is 9.85. The molecule has 1 atom stereocenters. The van der Waals surface area contributed by atoms with Crippen molar-refractivity contribution < 1.29 is 19.4 Å². The fraction of sp³-hybridized carbons (Fsp3) is 0.233. The maximum absolute atomic E-state index is 13.5. The van der Waals surface area contributed by atoms with E-state index >= 15 is 0 Å². The molecule has 0 saturated carbocycles. The number of ketones is 1. The van der Waals surface area contributed by atoms with E-state index in [0.717, 1.165) is 15.8 Å². The summed E-state index contributed by atoms with van der Waals surface area (Å²) in [5, 5.41) is 11.7. The molecule has 0 aliphatic carbocycles. The first kappa shape index (κ1) is 24.7. The van der Waals surface area contributed by atoms with E-state index in [1.165, 1.54) is 16.2 Å². The van der Waals surface area contributed by atoms with E-state index in [2.05, 4.69) is 20.8 Å². The number of aromatic nitrogens is 1. The van der Waals surface area contributed by atoms with Gasteiger partial charge in [-0.1, -0.05) is 86.7 Å². The molecule has 1 aliphatic rings. The molecule has 3 aromatic carbocycles. The van der Waals surface area contributed by atoms with Gasteiger partial charge in [0.2, 0.25) is 0 Å². The zero-order valence-corrected chi connectivity index (χ0v) is 22.0. The van der Waals surface area contributed by atoms with Crippen molar-refractivity contribution in [2.75, 3.05) is 11.5 Å². The van der Waals surface area contributed by atoms with Crippen LogP contribution in [0.3, 0.4) is 0 Å². The number of thiazole rings is 1. The first-order chi connectivity index (χ1) is 17.7. The van der Waals surface area contributed by atoms with Crippen LogP contribution in [0.2, 0.25) is 0 Å². The number of benzene rings is 3. The second-order valence-electron chi connectivity index (χ2n) is 9.97. The number of aliphatic hydroxyl groups excluding tert-OH is 1. The van der Waals surface area contributed by atoms with Crippen LogP contribution >= 0.6 is 11.3 Å². The van der Waals surface area contributed by atoms with Crippen LogP contribution in [0, 0.1) is 0 Å². The molecule has 1 aromatic heterocycles. The highest BCUT2D eigenvalue weighted by atomic mass is 32.1. The molecule has 1 N–H and O–H groups in total. The summed E-state index contributed by atoms with van der Waals surface area (Å²) in [5.41, 5.74) is 3.01. The summed E-state index contributed by atoms with van der Waals surface area (Å²) in [6.07, 6.45) is 0. The van der Waals surface area contributed by atoms with Crippen molar-refractivity contribution in [3.63, 3.8) is 0 Å². The number of hydrogen-bond acceptors (Lipinski definition) is 6. The lowest BCUT2D eigenvalue weighted by molar-refractivity contribution is -0.132. The third kappa shape index (κ3) is 4.51. The van der Waals surface area contributed by atoms with Crippen LogP contribution in [0.5, 0.6) is 5.75 Å². The number of ether oxygens (including phenoxy) is 1. The van der Waals surface area contributed by atoms with Gasteiger partial charge in [0, 0.05) is 5.56 Å². The number of rotatable bonds is 5. The van der Waals surface area contributed by atoms with Gasteiger partial charge in [-0.2, -0.15) is 0 Å². The minimum absolute atomic E-state index is 0.0500. The predicted octanol–water partition coefficient (Wildman–Crippen LogP) is 6.62. The fourth-order valence-corrected chi connectivity index (χ4v) is 5.54. The Morgan fingerprint density at radius 3 is 2.38 bits per heavy atom. The van der Waals surface area contributed by atoms with E-state index < -0.39 is 17.7 Å². The third-order valence-electron chi connectivity index (χ3n) is 6.45. The molecule has 0 radical (unpaired) electrons.